The van der Waals surface area contributed by atoms with Gasteiger partial charge in [-0.2, -0.15) is 0 Å². The van der Waals surface area contributed by atoms with E-state index < -0.39 is 0 Å². The van der Waals surface area contributed by atoms with Crippen LogP contribution in [-0.2, 0) is 0 Å². The van der Waals surface area contributed by atoms with Crippen molar-refractivity contribution >= 4 is 11.6 Å². The molecule has 102 valence electrons. The van der Waals surface area contributed by atoms with E-state index in [1.54, 1.807) is 20.3 Å². The van der Waals surface area contributed by atoms with Crippen LogP contribution in [0.5, 0.6) is 11.5 Å². The van der Waals surface area contributed by atoms with Crippen LogP contribution in [0.25, 0.3) is 0 Å². The first-order chi connectivity index (χ1) is 8.63. The van der Waals surface area contributed by atoms with Gasteiger partial charge in [-0.15, -0.1) is 0 Å². The molecule has 0 saturated heterocycles. The maximum Gasteiger partial charge on any atom is 0.162 e. The second-order valence-corrected chi connectivity index (χ2v) is 4.74. The highest BCUT2D eigenvalue weighted by atomic mass is 35.5. The minimum absolute atomic E-state index is 0.0520. The Hall–Kier alpha value is -0.930. The van der Waals surface area contributed by atoms with Gasteiger partial charge in [-0.25, -0.2) is 0 Å². The third-order valence-corrected chi connectivity index (χ3v) is 3.35. The van der Waals surface area contributed by atoms with E-state index in [2.05, 4.69) is 6.92 Å². The smallest absolute Gasteiger partial charge is 0.162 e. The third-order valence-electron chi connectivity index (χ3n) is 3.02. The Morgan fingerprint density at radius 2 is 1.78 bits per heavy atom. The van der Waals surface area contributed by atoms with Crippen LogP contribution in [0.2, 0.25) is 5.02 Å². The molecular formula is C14H22ClNO2. The number of halogens is 1. The largest absolute Gasteiger partial charge is 0.493 e. The lowest BCUT2D eigenvalue weighted by Gasteiger charge is -2.16. The van der Waals surface area contributed by atoms with E-state index in [-0.39, 0.29) is 6.04 Å². The first-order valence-corrected chi connectivity index (χ1v) is 6.68. The van der Waals surface area contributed by atoms with E-state index in [0.717, 1.165) is 18.4 Å². The van der Waals surface area contributed by atoms with Crippen LogP contribution in [0.3, 0.4) is 0 Å². The van der Waals surface area contributed by atoms with Gasteiger partial charge in [-0.3, -0.25) is 0 Å². The van der Waals surface area contributed by atoms with E-state index in [1.807, 2.05) is 6.07 Å². The molecule has 18 heavy (non-hydrogen) atoms. The molecule has 1 aromatic carbocycles. The van der Waals surface area contributed by atoms with Gasteiger partial charge in [0.05, 0.1) is 14.2 Å². The summed E-state index contributed by atoms with van der Waals surface area (Å²) in [6.07, 6.45) is 4.43. The van der Waals surface area contributed by atoms with Crippen molar-refractivity contribution in [3.8, 4) is 11.5 Å². The molecule has 0 radical (unpaired) electrons. The molecule has 1 atom stereocenters. The molecule has 1 rings (SSSR count). The Labute approximate surface area is 114 Å². The standard InChI is InChI=1S/C14H22ClNO2/c1-4-5-6-7-12(16)10-8-13(17-2)14(18-3)9-11(10)15/h8-9,12H,4-7,16H2,1-3H3. The summed E-state index contributed by atoms with van der Waals surface area (Å²) in [5, 5.41) is 0.636. The van der Waals surface area contributed by atoms with E-state index in [1.165, 1.54) is 12.8 Å². The molecule has 2 N–H and O–H groups in total. The number of unbranched alkanes of at least 4 members (excludes halogenated alkanes) is 2. The van der Waals surface area contributed by atoms with Crippen molar-refractivity contribution < 1.29 is 9.47 Å². The van der Waals surface area contributed by atoms with Crippen molar-refractivity contribution in [2.24, 2.45) is 5.73 Å². The van der Waals surface area contributed by atoms with Gasteiger partial charge >= 0.3 is 0 Å². The zero-order valence-electron chi connectivity index (χ0n) is 11.3. The number of methoxy groups -OCH3 is 2. The molecule has 3 nitrogen and oxygen atoms in total. The van der Waals surface area contributed by atoms with E-state index in [9.17, 15) is 0 Å². The quantitative estimate of drug-likeness (QED) is 0.764. The predicted octanol–water partition coefficient (Wildman–Crippen LogP) is 3.94. The fourth-order valence-electron chi connectivity index (χ4n) is 1.92. The Kier molecular flexibility index (Phi) is 6.30. The van der Waals surface area contributed by atoms with Crippen LogP contribution < -0.4 is 15.2 Å². The zero-order chi connectivity index (χ0) is 13.5. The summed E-state index contributed by atoms with van der Waals surface area (Å²) in [5.41, 5.74) is 7.09. The molecular weight excluding hydrogens is 250 g/mol. The lowest BCUT2D eigenvalue weighted by molar-refractivity contribution is 0.354. The molecule has 0 saturated carbocycles. The summed E-state index contributed by atoms with van der Waals surface area (Å²) < 4.78 is 10.5. The van der Waals surface area contributed by atoms with Crippen LogP contribution >= 0.6 is 11.6 Å². The summed E-state index contributed by atoms with van der Waals surface area (Å²) in [6, 6.07) is 3.58. The Bertz CT molecular complexity index is 382. The van der Waals surface area contributed by atoms with Crippen LogP contribution in [0.1, 0.15) is 44.2 Å². The van der Waals surface area contributed by atoms with Crippen molar-refractivity contribution in [1.29, 1.82) is 0 Å². The molecule has 4 heteroatoms. The molecule has 0 spiro atoms. The molecule has 0 aliphatic carbocycles. The summed E-state index contributed by atoms with van der Waals surface area (Å²) in [4.78, 5) is 0. The normalized spacial score (nSPS) is 12.3. The average molecular weight is 272 g/mol. The van der Waals surface area contributed by atoms with Gasteiger partial charge in [0.2, 0.25) is 0 Å². The van der Waals surface area contributed by atoms with Gasteiger partial charge in [-0.1, -0.05) is 37.8 Å². The van der Waals surface area contributed by atoms with E-state index in [0.29, 0.717) is 16.5 Å². The topological polar surface area (TPSA) is 44.5 Å². The number of nitrogens with two attached hydrogens (primary N) is 1. The van der Waals surface area contributed by atoms with Crippen LogP contribution in [-0.4, -0.2) is 14.2 Å². The van der Waals surface area contributed by atoms with Gasteiger partial charge in [-0.05, 0) is 18.1 Å². The first kappa shape index (κ1) is 15.1. The lowest BCUT2D eigenvalue weighted by atomic mass is 10.0. The molecule has 0 heterocycles. The molecule has 0 aliphatic heterocycles. The summed E-state index contributed by atoms with van der Waals surface area (Å²) in [6.45, 7) is 2.18. The van der Waals surface area contributed by atoms with Crippen molar-refractivity contribution in [3.63, 3.8) is 0 Å². The summed E-state index contributed by atoms with van der Waals surface area (Å²) in [7, 11) is 3.20. The SMILES string of the molecule is CCCCCC(N)c1cc(OC)c(OC)cc1Cl. The second kappa shape index (κ2) is 7.49. The average Bonchev–Trinajstić information content (AvgIpc) is 2.38. The highest BCUT2D eigenvalue weighted by molar-refractivity contribution is 6.31. The lowest BCUT2D eigenvalue weighted by Crippen LogP contribution is -2.11. The minimum atomic E-state index is -0.0520. The fraction of sp³-hybridized carbons (Fsp3) is 0.571. The van der Waals surface area contributed by atoms with Crippen molar-refractivity contribution in [2.45, 2.75) is 38.6 Å². The summed E-state index contributed by atoms with van der Waals surface area (Å²) in [5.74, 6) is 1.30. The molecule has 1 aromatic rings. The number of benzene rings is 1. The van der Waals surface area contributed by atoms with Crippen LogP contribution in [0, 0.1) is 0 Å². The monoisotopic (exact) mass is 271 g/mol. The molecule has 0 fully saturated rings. The fourth-order valence-corrected chi connectivity index (χ4v) is 2.22. The van der Waals surface area contributed by atoms with Crippen LogP contribution in [0.4, 0.5) is 0 Å². The van der Waals surface area contributed by atoms with Gasteiger partial charge in [0, 0.05) is 17.1 Å². The van der Waals surface area contributed by atoms with Crippen LogP contribution in [0.15, 0.2) is 12.1 Å². The molecule has 0 amide bonds. The maximum absolute atomic E-state index is 6.23. The zero-order valence-corrected chi connectivity index (χ0v) is 12.1. The molecule has 1 unspecified atom stereocenters. The van der Waals surface area contributed by atoms with Gasteiger partial charge < -0.3 is 15.2 Å². The molecule has 0 bridgehead atoms. The molecule has 0 aromatic heterocycles. The number of ether oxygens (including phenoxy) is 2. The number of hydrogen-bond donors (Lipinski definition) is 1. The van der Waals surface area contributed by atoms with Gasteiger partial charge in [0.25, 0.3) is 0 Å². The van der Waals surface area contributed by atoms with Crippen molar-refractivity contribution in [3.05, 3.63) is 22.7 Å². The highest BCUT2D eigenvalue weighted by Gasteiger charge is 2.15. The van der Waals surface area contributed by atoms with E-state index >= 15 is 0 Å². The second-order valence-electron chi connectivity index (χ2n) is 4.33. The molecule has 0 aliphatic rings. The summed E-state index contributed by atoms with van der Waals surface area (Å²) >= 11 is 6.23. The van der Waals surface area contributed by atoms with E-state index in [4.69, 9.17) is 26.8 Å². The minimum Gasteiger partial charge on any atom is -0.493 e. The first-order valence-electron chi connectivity index (χ1n) is 6.31. The highest BCUT2D eigenvalue weighted by Crippen LogP contribution is 2.36. The predicted molar refractivity (Wildman–Crippen MR) is 75.6 cm³/mol. The van der Waals surface area contributed by atoms with Crippen molar-refractivity contribution in [1.82, 2.24) is 0 Å². The number of rotatable bonds is 7. The van der Waals surface area contributed by atoms with Gasteiger partial charge in [0.15, 0.2) is 11.5 Å². The maximum atomic E-state index is 6.23. The number of hydrogen-bond acceptors (Lipinski definition) is 3. The van der Waals surface area contributed by atoms with Gasteiger partial charge in [0.1, 0.15) is 0 Å². The Balaban J connectivity index is 2.87. The van der Waals surface area contributed by atoms with Crippen molar-refractivity contribution in [2.75, 3.05) is 14.2 Å². The Morgan fingerprint density at radius 3 is 2.33 bits per heavy atom. The Morgan fingerprint density at radius 1 is 1.17 bits per heavy atom. The third kappa shape index (κ3) is 3.79.